The summed E-state index contributed by atoms with van der Waals surface area (Å²) in [6.07, 6.45) is 39.3. The van der Waals surface area contributed by atoms with Crippen LogP contribution in [0.1, 0.15) is 194 Å². The first kappa shape index (κ1) is 50.5. The van der Waals surface area contributed by atoms with E-state index in [-0.39, 0.29) is 32.0 Å². The van der Waals surface area contributed by atoms with Crippen LogP contribution in [-0.4, -0.2) is 56.3 Å². The Bertz CT molecular complexity index is 912. The first-order valence-electron chi connectivity index (χ1n) is 21.3. The van der Waals surface area contributed by atoms with E-state index in [1.165, 1.54) is 109 Å². The SMILES string of the molecule is CCCCC/C=C\C/C=C\CCCCCCCCCC(=O)OCC(COP(=O)(O)OCCNC)OC(=O)CCCCCCCCCCCCCCC. The largest absolute Gasteiger partial charge is 0.472 e. The fourth-order valence-electron chi connectivity index (χ4n) is 5.82. The Labute approximate surface area is 319 Å². The third kappa shape index (κ3) is 38.2. The summed E-state index contributed by atoms with van der Waals surface area (Å²) in [5.74, 6) is -0.810. The number of carbonyl (C=O) groups excluding carboxylic acids is 2. The molecule has 0 aliphatic rings. The number of allylic oxidation sites excluding steroid dienone is 4. The maximum absolute atomic E-state index is 12.6. The van der Waals surface area contributed by atoms with Crippen molar-refractivity contribution in [1.29, 1.82) is 0 Å². The van der Waals surface area contributed by atoms with Gasteiger partial charge in [-0.15, -0.1) is 0 Å². The molecule has 0 aliphatic heterocycles. The van der Waals surface area contributed by atoms with E-state index in [0.29, 0.717) is 13.0 Å². The molecule has 2 N–H and O–H groups in total. The third-order valence-electron chi connectivity index (χ3n) is 9.07. The second kappa shape index (κ2) is 39.2. The summed E-state index contributed by atoms with van der Waals surface area (Å²) in [5, 5.41) is 2.82. The molecule has 306 valence electrons. The van der Waals surface area contributed by atoms with Crippen LogP contribution in [0.4, 0.5) is 0 Å². The Balaban J connectivity index is 4.22. The third-order valence-corrected chi connectivity index (χ3v) is 10.1. The Hall–Kier alpha value is -1.51. The van der Waals surface area contributed by atoms with Gasteiger partial charge in [-0.3, -0.25) is 18.6 Å². The molecule has 2 atom stereocenters. The average Bonchev–Trinajstić information content (AvgIpc) is 3.12. The quantitative estimate of drug-likeness (QED) is 0.0272. The zero-order valence-electron chi connectivity index (χ0n) is 33.8. The molecule has 0 fully saturated rings. The molecule has 0 aromatic carbocycles. The van der Waals surface area contributed by atoms with Gasteiger partial charge >= 0.3 is 19.8 Å². The van der Waals surface area contributed by atoms with Crippen LogP contribution < -0.4 is 5.32 Å². The van der Waals surface area contributed by atoms with Gasteiger partial charge in [0.2, 0.25) is 0 Å². The van der Waals surface area contributed by atoms with Gasteiger partial charge in [0, 0.05) is 19.4 Å². The summed E-state index contributed by atoms with van der Waals surface area (Å²) < 4.78 is 33.1. The van der Waals surface area contributed by atoms with Crippen LogP contribution in [0.3, 0.4) is 0 Å². The molecule has 9 nitrogen and oxygen atoms in total. The highest BCUT2D eigenvalue weighted by atomic mass is 31.2. The fraction of sp³-hybridized carbons (Fsp3) is 0.857. The predicted molar refractivity (Wildman–Crippen MR) is 215 cm³/mol. The Morgan fingerprint density at radius 3 is 1.56 bits per heavy atom. The molecule has 0 rings (SSSR count). The highest BCUT2D eigenvalue weighted by Crippen LogP contribution is 2.43. The van der Waals surface area contributed by atoms with Crippen LogP contribution in [0.5, 0.6) is 0 Å². The zero-order valence-corrected chi connectivity index (χ0v) is 34.7. The van der Waals surface area contributed by atoms with E-state index in [1.807, 2.05) is 0 Å². The number of likely N-dealkylation sites (N-methyl/N-ethyl adjacent to an activating group) is 1. The van der Waals surface area contributed by atoms with Gasteiger partial charge in [-0.2, -0.15) is 0 Å². The van der Waals surface area contributed by atoms with Crippen molar-refractivity contribution >= 4 is 19.8 Å². The molecular weight excluding hydrogens is 677 g/mol. The number of rotatable bonds is 40. The van der Waals surface area contributed by atoms with Crippen LogP contribution in [0.25, 0.3) is 0 Å². The first-order chi connectivity index (χ1) is 25.3. The van der Waals surface area contributed by atoms with Gasteiger partial charge in [0.05, 0.1) is 13.2 Å². The summed E-state index contributed by atoms with van der Waals surface area (Å²) in [4.78, 5) is 35.0. The number of hydrogen-bond acceptors (Lipinski definition) is 8. The molecule has 0 aromatic rings. The highest BCUT2D eigenvalue weighted by molar-refractivity contribution is 7.47. The van der Waals surface area contributed by atoms with Crippen molar-refractivity contribution in [2.45, 2.75) is 200 Å². The summed E-state index contributed by atoms with van der Waals surface area (Å²) in [6, 6.07) is 0. The number of phosphoric ester groups is 1. The topological polar surface area (TPSA) is 120 Å². The zero-order chi connectivity index (χ0) is 38.2. The standard InChI is InChI=1S/C42H80NO8P/c1-4-6-8-10-12-14-16-18-19-20-21-23-24-26-28-30-32-34-41(44)48-38-40(39-50-52(46,47)49-37-36-43-3)51-42(45)35-33-31-29-27-25-22-17-15-13-11-9-7-5-2/h12,14,18-19,40,43H,4-11,13,15-17,20-39H2,1-3H3,(H,46,47)/b14-12-,19-18-. The van der Waals surface area contributed by atoms with Crippen molar-refractivity contribution < 1.29 is 37.6 Å². The van der Waals surface area contributed by atoms with E-state index in [0.717, 1.165) is 51.4 Å². The number of carbonyl (C=O) groups is 2. The van der Waals surface area contributed by atoms with Gasteiger partial charge in [-0.05, 0) is 52.0 Å². The lowest BCUT2D eigenvalue weighted by atomic mass is 10.0. The lowest BCUT2D eigenvalue weighted by Gasteiger charge is -2.20. The van der Waals surface area contributed by atoms with E-state index in [1.54, 1.807) is 7.05 Å². The highest BCUT2D eigenvalue weighted by Gasteiger charge is 2.26. The fourth-order valence-corrected chi connectivity index (χ4v) is 6.57. The van der Waals surface area contributed by atoms with Crippen molar-refractivity contribution in [1.82, 2.24) is 5.32 Å². The minimum Gasteiger partial charge on any atom is -0.462 e. The molecule has 52 heavy (non-hydrogen) atoms. The van der Waals surface area contributed by atoms with Gasteiger partial charge < -0.3 is 19.7 Å². The van der Waals surface area contributed by atoms with E-state index in [4.69, 9.17) is 18.5 Å². The van der Waals surface area contributed by atoms with Gasteiger partial charge in [-0.1, -0.05) is 160 Å². The number of phosphoric acid groups is 1. The van der Waals surface area contributed by atoms with Crippen molar-refractivity contribution in [3.8, 4) is 0 Å². The summed E-state index contributed by atoms with van der Waals surface area (Å²) in [6.45, 7) is 4.20. The molecule has 10 heteroatoms. The maximum atomic E-state index is 12.6. The summed E-state index contributed by atoms with van der Waals surface area (Å²) in [5.41, 5.74) is 0. The smallest absolute Gasteiger partial charge is 0.462 e. The van der Waals surface area contributed by atoms with Gasteiger partial charge in [0.1, 0.15) is 6.61 Å². The minimum atomic E-state index is -4.34. The summed E-state index contributed by atoms with van der Waals surface area (Å²) >= 11 is 0. The molecule has 0 bridgehead atoms. The number of esters is 2. The Kier molecular flexibility index (Phi) is 38.1. The first-order valence-corrected chi connectivity index (χ1v) is 22.8. The number of ether oxygens (including phenoxy) is 2. The second-order valence-corrected chi connectivity index (χ2v) is 15.6. The maximum Gasteiger partial charge on any atom is 0.472 e. The molecule has 2 unspecified atom stereocenters. The monoisotopic (exact) mass is 758 g/mol. The molecular formula is C42H80NO8P. The normalized spacial score (nSPS) is 13.5. The molecule has 0 radical (unpaired) electrons. The van der Waals surface area contributed by atoms with E-state index in [2.05, 4.69) is 43.5 Å². The average molecular weight is 758 g/mol. The van der Waals surface area contributed by atoms with Crippen LogP contribution in [0.2, 0.25) is 0 Å². The molecule has 0 saturated carbocycles. The predicted octanol–water partition coefficient (Wildman–Crippen LogP) is 11.9. The van der Waals surface area contributed by atoms with E-state index in [9.17, 15) is 19.0 Å². The summed E-state index contributed by atoms with van der Waals surface area (Å²) in [7, 11) is -2.64. The van der Waals surface area contributed by atoms with Crippen molar-refractivity contribution in [2.75, 3.05) is 33.4 Å². The molecule has 0 aliphatic carbocycles. The Morgan fingerprint density at radius 1 is 0.596 bits per heavy atom. The van der Waals surface area contributed by atoms with E-state index >= 15 is 0 Å². The molecule has 0 aromatic heterocycles. The van der Waals surface area contributed by atoms with Crippen LogP contribution in [0.15, 0.2) is 24.3 Å². The molecule has 0 heterocycles. The number of unbranched alkanes of at least 4 members (excludes halogenated alkanes) is 22. The van der Waals surface area contributed by atoms with Gasteiger partial charge in [0.15, 0.2) is 6.10 Å². The van der Waals surface area contributed by atoms with Gasteiger partial charge in [0.25, 0.3) is 0 Å². The van der Waals surface area contributed by atoms with Gasteiger partial charge in [-0.25, -0.2) is 4.57 Å². The van der Waals surface area contributed by atoms with Crippen molar-refractivity contribution in [3.63, 3.8) is 0 Å². The molecule has 0 amide bonds. The lowest BCUT2D eigenvalue weighted by molar-refractivity contribution is -0.161. The number of nitrogens with one attached hydrogen (secondary N) is 1. The minimum absolute atomic E-state index is 0.0164. The van der Waals surface area contributed by atoms with Crippen LogP contribution in [-0.2, 0) is 32.7 Å². The Morgan fingerprint density at radius 2 is 1.04 bits per heavy atom. The molecule has 0 saturated heterocycles. The second-order valence-electron chi connectivity index (χ2n) is 14.2. The van der Waals surface area contributed by atoms with E-state index < -0.39 is 26.5 Å². The van der Waals surface area contributed by atoms with Crippen molar-refractivity contribution in [3.05, 3.63) is 24.3 Å². The lowest BCUT2D eigenvalue weighted by Crippen LogP contribution is -2.29. The van der Waals surface area contributed by atoms with Crippen molar-refractivity contribution in [2.24, 2.45) is 0 Å². The van der Waals surface area contributed by atoms with Crippen LogP contribution >= 0.6 is 7.82 Å². The number of hydrogen-bond donors (Lipinski definition) is 2. The molecule has 0 spiro atoms. The van der Waals surface area contributed by atoms with Crippen LogP contribution in [0, 0.1) is 0 Å².